The summed E-state index contributed by atoms with van der Waals surface area (Å²) < 4.78 is 4.77. The van der Waals surface area contributed by atoms with Crippen LogP contribution in [0.1, 0.15) is 27.0 Å². The number of benzene rings is 3. The highest BCUT2D eigenvalue weighted by molar-refractivity contribution is 6.37. The third-order valence-corrected chi connectivity index (χ3v) is 5.10. The van der Waals surface area contributed by atoms with Crippen molar-refractivity contribution in [3.63, 3.8) is 0 Å². The Hall–Kier alpha value is -4.39. The van der Waals surface area contributed by atoms with Crippen LogP contribution in [-0.4, -0.2) is 24.9 Å². The van der Waals surface area contributed by atoms with Gasteiger partial charge in [-0.05, 0) is 35.4 Å². The van der Waals surface area contributed by atoms with Gasteiger partial charge in [-0.3, -0.25) is 9.59 Å². The summed E-state index contributed by atoms with van der Waals surface area (Å²) >= 11 is 0. The molecule has 1 heterocycles. The van der Waals surface area contributed by atoms with Gasteiger partial charge < -0.3 is 21.1 Å². The van der Waals surface area contributed by atoms with E-state index in [1.807, 2.05) is 54.6 Å². The number of nitrogens with one attached hydrogen (secondary N) is 2. The lowest BCUT2D eigenvalue weighted by atomic mass is 9.99. The van der Waals surface area contributed by atoms with E-state index in [1.54, 1.807) is 18.2 Å². The van der Waals surface area contributed by atoms with Crippen molar-refractivity contribution in [2.45, 2.75) is 6.42 Å². The van der Waals surface area contributed by atoms with Crippen molar-refractivity contribution in [3.8, 4) is 0 Å². The number of methoxy groups -OCH3 is 1. The minimum absolute atomic E-state index is 0.158. The second-order valence-corrected chi connectivity index (χ2v) is 7.29. The van der Waals surface area contributed by atoms with Crippen LogP contribution < -0.4 is 16.4 Å². The second-order valence-electron chi connectivity index (χ2n) is 7.29. The zero-order valence-electron chi connectivity index (χ0n) is 17.3. The maximum Gasteiger partial charge on any atom is 0.337 e. The van der Waals surface area contributed by atoms with Crippen molar-refractivity contribution >= 4 is 40.4 Å². The van der Waals surface area contributed by atoms with Crippen LogP contribution >= 0.6 is 0 Å². The molecule has 0 unspecified atom stereocenters. The van der Waals surface area contributed by atoms with Gasteiger partial charge in [0.05, 0.1) is 36.1 Å². The van der Waals surface area contributed by atoms with Crippen molar-refractivity contribution in [2.75, 3.05) is 17.7 Å². The number of primary amides is 1. The Labute approximate surface area is 184 Å². The number of ether oxygens (including phenoxy) is 1. The van der Waals surface area contributed by atoms with E-state index >= 15 is 0 Å². The van der Waals surface area contributed by atoms with Crippen molar-refractivity contribution in [1.82, 2.24) is 0 Å². The molecular weight excluding hydrogens is 406 g/mol. The van der Waals surface area contributed by atoms with Crippen LogP contribution in [0.15, 0.2) is 72.8 Å². The number of carbonyl (C=O) groups excluding carboxylic acids is 3. The minimum Gasteiger partial charge on any atom is -0.465 e. The Balaban J connectivity index is 1.79. The van der Waals surface area contributed by atoms with Crippen LogP contribution in [0.5, 0.6) is 0 Å². The van der Waals surface area contributed by atoms with E-state index in [1.165, 1.54) is 7.11 Å². The molecule has 0 saturated heterocycles. The van der Waals surface area contributed by atoms with Crippen LogP contribution in [-0.2, 0) is 20.7 Å². The van der Waals surface area contributed by atoms with E-state index < -0.39 is 11.9 Å². The standard InChI is InChI=1S/C25H21N3O4/c1-32-25(31)17-9-12-19-20(14-17)28-24(30)22(19)23(16-5-3-2-4-6-16)27-18-10-7-15(8-11-18)13-21(26)29/h2-12,14,27H,13H2,1H3,(H2,26,29)(H,28,30)/b23-22-. The molecule has 0 atom stereocenters. The quantitative estimate of drug-likeness (QED) is 0.412. The first-order chi connectivity index (χ1) is 15.5. The Morgan fingerprint density at radius 1 is 0.969 bits per heavy atom. The first-order valence-electron chi connectivity index (χ1n) is 9.94. The molecule has 0 fully saturated rings. The van der Waals surface area contributed by atoms with E-state index in [9.17, 15) is 14.4 Å². The Kier molecular flexibility index (Phi) is 5.72. The highest BCUT2D eigenvalue weighted by Crippen LogP contribution is 2.38. The number of nitrogens with two attached hydrogens (primary N) is 1. The molecule has 0 aromatic heterocycles. The van der Waals surface area contributed by atoms with E-state index in [-0.39, 0.29) is 12.3 Å². The van der Waals surface area contributed by atoms with Crippen molar-refractivity contribution < 1.29 is 19.1 Å². The molecule has 3 aromatic carbocycles. The summed E-state index contributed by atoms with van der Waals surface area (Å²) in [7, 11) is 1.31. The summed E-state index contributed by atoms with van der Waals surface area (Å²) in [5.41, 5.74) is 10.3. The molecule has 4 N–H and O–H groups in total. The van der Waals surface area contributed by atoms with Gasteiger partial charge in [-0.25, -0.2) is 4.79 Å². The molecule has 7 heteroatoms. The summed E-state index contributed by atoms with van der Waals surface area (Å²) in [6.45, 7) is 0. The number of amides is 2. The largest absolute Gasteiger partial charge is 0.465 e. The number of hydrogen-bond acceptors (Lipinski definition) is 5. The smallest absolute Gasteiger partial charge is 0.337 e. The van der Waals surface area contributed by atoms with Gasteiger partial charge in [0, 0.05) is 11.3 Å². The average Bonchev–Trinajstić information content (AvgIpc) is 3.13. The monoisotopic (exact) mass is 427 g/mol. The third kappa shape index (κ3) is 4.22. The second kappa shape index (κ2) is 8.77. The highest BCUT2D eigenvalue weighted by Gasteiger charge is 2.29. The van der Waals surface area contributed by atoms with Crippen LogP contribution in [0.3, 0.4) is 0 Å². The van der Waals surface area contributed by atoms with Crippen LogP contribution in [0, 0.1) is 0 Å². The molecule has 0 radical (unpaired) electrons. The van der Waals surface area contributed by atoms with Gasteiger partial charge in [0.25, 0.3) is 5.91 Å². The third-order valence-electron chi connectivity index (χ3n) is 5.10. The number of hydrogen-bond donors (Lipinski definition) is 3. The van der Waals surface area contributed by atoms with Crippen molar-refractivity contribution in [3.05, 3.63) is 95.1 Å². The molecule has 3 aromatic rings. The normalized spacial score (nSPS) is 13.7. The molecule has 2 amide bonds. The number of rotatable bonds is 6. The Morgan fingerprint density at radius 2 is 1.69 bits per heavy atom. The van der Waals surface area contributed by atoms with E-state index in [0.717, 1.165) is 16.8 Å². The van der Waals surface area contributed by atoms with Gasteiger partial charge in [0.15, 0.2) is 0 Å². The summed E-state index contributed by atoms with van der Waals surface area (Å²) in [5, 5.41) is 6.19. The van der Waals surface area contributed by atoms with Gasteiger partial charge >= 0.3 is 5.97 Å². The minimum atomic E-state index is -0.475. The van der Waals surface area contributed by atoms with E-state index in [0.29, 0.717) is 28.1 Å². The number of anilines is 2. The van der Waals surface area contributed by atoms with Gasteiger partial charge in [-0.1, -0.05) is 48.5 Å². The lowest BCUT2D eigenvalue weighted by Crippen LogP contribution is -2.13. The summed E-state index contributed by atoms with van der Waals surface area (Å²) in [6, 6.07) is 21.7. The van der Waals surface area contributed by atoms with Gasteiger partial charge in [0.1, 0.15) is 0 Å². The fourth-order valence-electron chi connectivity index (χ4n) is 3.60. The Bertz CT molecular complexity index is 1230. The predicted octanol–water partition coefficient (Wildman–Crippen LogP) is 3.43. The molecule has 32 heavy (non-hydrogen) atoms. The van der Waals surface area contributed by atoms with Gasteiger partial charge in [-0.15, -0.1) is 0 Å². The fraction of sp³-hybridized carbons (Fsp3) is 0.0800. The summed E-state index contributed by atoms with van der Waals surface area (Å²) in [4.78, 5) is 36.0. The first kappa shape index (κ1) is 20.9. The first-order valence-corrected chi connectivity index (χ1v) is 9.94. The van der Waals surface area contributed by atoms with Crippen LogP contribution in [0.2, 0.25) is 0 Å². The number of carbonyl (C=O) groups is 3. The highest BCUT2D eigenvalue weighted by atomic mass is 16.5. The van der Waals surface area contributed by atoms with E-state index in [4.69, 9.17) is 10.5 Å². The Morgan fingerprint density at radius 3 is 2.34 bits per heavy atom. The molecule has 0 spiro atoms. The molecule has 160 valence electrons. The maximum atomic E-state index is 13.0. The predicted molar refractivity (Wildman–Crippen MR) is 123 cm³/mol. The lowest BCUT2D eigenvalue weighted by Gasteiger charge is -2.15. The zero-order chi connectivity index (χ0) is 22.7. The average molecular weight is 427 g/mol. The summed E-state index contributed by atoms with van der Waals surface area (Å²) in [6.07, 6.45) is 0.158. The topological polar surface area (TPSA) is 111 Å². The molecule has 1 aliphatic rings. The van der Waals surface area contributed by atoms with Crippen molar-refractivity contribution in [2.24, 2.45) is 5.73 Å². The van der Waals surface area contributed by atoms with Crippen LogP contribution in [0.4, 0.5) is 11.4 Å². The molecular formula is C25H21N3O4. The summed E-state index contributed by atoms with van der Waals surface area (Å²) in [5.74, 6) is -1.15. The SMILES string of the molecule is COC(=O)c1ccc2c(c1)NC(=O)/C2=C(\Nc1ccc(CC(N)=O)cc1)c1ccccc1. The molecule has 0 aliphatic carbocycles. The molecule has 7 nitrogen and oxygen atoms in total. The molecule has 4 rings (SSSR count). The number of fused-ring (bicyclic) bond motifs is 1. The zero-order valence-corrected chi connectivity index (χ0v) is 17.3. The van der Waals surface area contributed by atoms with Gasteiger partial charge in [-0.2, -0.15) is 0 Å². The lowest BCUT2D eigenvalue weighted by molar-refractivity contribution is -0.117. The number of esters is 1. The van der Waals surface area contributed by atoms with Crippen LogP contribution in [0.25, 0.3) is 11.3 Å². The molecule has 1 aliphatic heterocycles. The fourth-order valence-corrected chi connectivity index (χ4v) is 3.60. The maximum absolute atomic E-state index is 13.0. The van der Waals surface area contributed by atoms with E-state index in [2.05, 4.69) is 10.6 Å². The molecule has 0 bridgehead atoms. The molecule has 0 saturated carbocycles. The van der Waals surface area contributed by atoms with Crippen molar-refractivity contribution in [1.29, 1.82) is 0 Å². The van der Waals surface area contributed by atoms with Gasteiger partial charge in [0.2, 0.25) is 5.91 Å².